The van der Waals surface area contributed by atoms with E-state index in [0.29, 0.717) is 12.1 Å². The highest BCUT2D eigenvalue weighted by Gasteiger charge is 2.13. The first-order valence-corrected chi connectivity index (χ1v) is 8.69. The zero-order chi connectivity index (χ0) is 17.6. The fourth-order valence-electron chi connectivity index (χ4n) is 2.79. The molecule has 0 amide bonds. The molecular weight excluding hydrogens is 306 g/mol. The first-order valence-electron chi connectivity index (χ1n) is 8.69. The minimum Gasteiger partial charge on any atom is -0.380 e. The van der Waals surface area contributed by atoms with Crippen LogP contribution in [0.15, 0.2) is 72.8 Å². The van der Waals surface area contributed by atoms with Crippen molar-refractivity contribution in [3.8, 4) is 0 Å². The van der Waals surface area contributed by atoms with E-state index in [0.717, 1.165) is 17.7 Å². The van der Waals surface area contributed by atoms with Crippen LogP contribution in [0.1, 0.15) is 39.5 Å². The summed E-state index contributed by atoms with van der Waals surface area (Å²) in [5.41, 5.74) is 5.98. The zero-order valence-electron chi connectivity index (χ0n) is 14.8. The minimum absolute atomic E-state index is 0.0506. The maximum atomic E-state index is 12.9. The molecule has 0 unspecified atom stereocenters. The Kier molecular flexibility index (Phi) is 5.30. The molecule has 0 aromatic heterocycles. The number of hydrogen-bond donors (Lipinski definition) is 1. The first-order chi connectivity index (χ1) is 12.2. The van der Waals surface area contributed by atoms with Crippen LogP contribution in [-0.2, 0) is 13.0 Å². The van der Waals surface area contributed by atoms with Gasteiger partial charge in [0.15, 0.2) is 5.78 Å². The number of hydrogen-bond acceptors (Lipinski definition) is 2. The molecule has 2 heteroatoms. The van der Waals surface area contributed by atoms with Gasteiger partial charge in [0.1, 0.15) is 0 Å². The van der Waals surface area contributed by atoms with Crippen molar-refractivity contribution in [3.05, 3.63) is 101 Å². The molecule has 2 nitrogen and oxygen atoms in total. The maximum Gasteiger partial charge on any atom is 0.195 e. The summed E-state index contributed by atoms with van der Waals surface area (Å²) < 4.78 is 0. The van der Waals surface area contributed by atoms with Crippen molar-refractivity contribution in [1.29, 1.82) is 0 Å². The molecule has 0 radical (unpaired) electrons. The number of ketones is 1. The quantitative estimate of drug-likeness (QED) is 0.613. The normalized spacial score (nSPS) is 10.5. The molecule has 0 aliphatic heterocycles. The van der Waals surface area contributed by atoms with Crippen LogP contribution >= 0.6 is 0 Å². The number of aryl methyl sites for hydroxylation is 2. The molecule has 0 atom stereocenters. The van der Waals surface area contributed by atoms with E-state index in [1.165, 1.54) is 16.7 Å². The Labute approximate surface area is 149 Å². The summed E-state index contributed by atoms with van der Waals surface area (Å²) in [4.78, 5) is 12.9. The Morgan fingerprint density at radius 3 is 2.16 bits per heavy atom. The Bertz CT molecular complexity index is 848. The van der Waals surface area contributed by atoms with Crippen molar-refractivity contribution in [2.45, 2.75) is 26.8 Å². The smallest absolute Gasteiger partial charge is 0.195 e. The van der Waals surface area contributed by atoms with Crippen LogP contribution in [0.4, 0.5) is 5.69 Å². The van der Waals surface area contributed by atoms with Gasteiger partial charge in [-0.1, -0.05) is 73.2 Å². The summed E-state index contributed by atoms with van der Waals surface area (Å²) in [6.07, 6.45) is 0.975. The predicted octanol–water partition coefficient (Wildman–Crippen LogP) is 5.40. The summed E-state index contributed by atoms with van der Waals surface area (Å²) >= 11 is 0. The van der Waals surface area contributed by atoms with Crippen LogP contribution in [0.5, 0.6) is 0 Å². The summed E-state index contributed by atoms with van der Waals surface area (Å²) in [6.45, 7) is 4.88. The van der Waals surface area contributed by atoms with Crippen LogP contribution < -0.4 is 5.32 Å². The van der Waals surface area contributed by atoms with Crippen molar-refractivity contribution in [2.24, 2.45) is 0 Å². The van der Waals surface area contributed by atoms with Gasteiger partial charge < -0.3 is 5.32 Å². The Balaban J connectivity index is 1.79. The lowest BCUT2D eigenvalue weighted by Crippen LogP contribution is -2.08. The SMILES string of the molecule is CCc1ccc(C(=O)c2ccccc2NCc2ccc(C)cc2)cc1. The van der Waals surface area contributed by atoms with Gasteiger partial charge in [-0.05, 0) is 36.6 Å². The molecule has 0 aliphatic rings. The molecule has 3 aromatic carbocycles. The largest absolute Gasteiger partial charge is 0.380 e. The fourth-order valence-corrected chi connectivity index (χ4v) is 2.79. The zero-order valence-corrected chi connectivity index (χ0v) is 14.8. The highest BCUT2D eigenvalue weighted by molar-refractivity contribution is 6.12. The third kappa shape index (κ3) is 4.16. The van der Waals surface area contributed by atoms with E-state index in [-0.39, 0.29) is 5.78 Å². The summed E-state index contributed by atoms with van der Waals surface area (Å²) in [5.74, 6) is 0.0506. The van der Waals surface area contributed by atoms with Gasteiger partial charge in [0.05, 0.1) is 0 Å². The van der Waals surface area contributed by atoms with E-state index in [1.807, 2.05) is 48.5 Å². The van der Waals surface area contributed by atoms with E-state index in [1.54, 1.807) is 0 Å². The lowest BCUT2D eigenvalue weighted by molar-refractivity contribution is 0.103. The molecule has 0 bridgehead atoms. The van der Waals surface area contributed by atoms with Crippen LogP contribution in [0, 0.1) is 6.92 Å². The van der Waals surface area contributed by atoms with Crippen molar-refractivity contribution in [3.63, 3.8) is 0 Å². The lowest BCUT2D eigenvalue weighted by Gasteiger charge is -2.12. The highest BCUT2D eigenvalue weighted by atomic mass is 16.1. The number of anilines is 1. The second kappa shape index (κ2) is 7.80. The standard InChI is InChI=1S/C23H23NO/c1-3-18-12-14-20(15-13-18)23(25)21-6-4-5-7-22(21)24-16-19-10-8-17(2)9-11-19/h4-15,24H,3,16H2,1-2H3. The highest BCUT2D eigenvalue weighted by Crippen LogP contribution is 2.20. The fraction of sp³-hybridized carbons (Fsp3) is 0.174. The van der Waals surface area contributed by atoms with Crippen LogP contribution in [0.3, 0.4) is 0 Å². The average Bonchev–Trinajstić information content (AvgIpc) is 2.67. The van der Waals surface area contributed by atoms with Gasteiger partial charge in [-0.25, -0.2) is 0 Å². The molecule has 0 fully saturated rings. The number of nitrogens with one attached hydrogen (secondary N) is 1. The monoisotopic (exact) mass is 329 g/mol. The van der Waals surface area contributed by atoms with Gasteiger partial charge in [-0.2, -0.15) is 0 Å². The molecule has 0 saturated heterocycles. The summed E-state index contributed by atoms with van der Waals surface area (Å²) in [6, 6.07) is 24.0. The first kappa shape index (κ1) is 17.0. The molecule has 3 rings (SSSR count). The average molecular weight is 329 g/mol. The lowest BCUT2D eigenvalue weighted by atomic mass is 10.00. The Morgan fingerprint density at radius 1 is 0.840 bits per heavy atom. The molecule has 25 heavy (non-hydrogen) atoms. The van der Waals surface area contributed by atoms with Gasteiger partial charge >= 0.3 is 0 Å². The van der Waals surface area contributed by atoms with Crippen molar-refractivity contribution >= 4 is 11.5 Å². The van der Waals surface area contributed by atoms with Gasteiger partial charge in [0.2, 0.25) is 0 Å². The molecule has 126 valence electrons. The summed E-state index contributed by atoms with van der Waals surface area (Å²) in [5, 5.41) is 3.40. The van der Waals surface area contributed by atoms with Crippen molar-refractivity contribution < 1.29 is 4.79 Å². The minimum atomic E-state index is 0.0506. The van der Waals surface area contributed by atoms with Gasteiger partial charge in [0, 0.05) is 23.4 Å². The van der Waals surface area contributed by atoms with E-state index in [9.17, 15) is 4.79 Å². The number of carbonyl (C=O) groups excluding carboxylic acids is 1. The van der Waals surface area contributed by atoms with Crippen LogP contribution in [-0.4, -0.2) is 5.78 Å². The third-order valence-electron chi connectivity index (χ3n) is 4.40. The number of para-hydroxylation sites is 1. The molecule has 1 N–H and O–H groups in total. The molecular formula is C23H23NO. The Hall–Kier alpha value is -2.87. The van der Waals surface area contributed by atoms with Crippen LogP contribution in [0.25, 0.3) is 0 Å². The molecule has 0 aliphatic carbocycles. The topological polar surface area (TPSA) is 29.1 Å². The van der Waals surface area contributed by atoms with Gasteiger partial charge in [-0.15, -0.1) is 0 Å². The molecule has 3 aromatic rings. The molecule has 0 saturated carbocycles. The Morgan fingerprint density at radius 2 is 1.48 bits per heavy atom. The second-order valence-electron chi connectivity index (χ2n) is 6.26. The molecule has 0 heterocycles. The van der Waals surface area contributed by atoms with Crippen LogP contribution in [0.2, 0.25) is 0 Å². The maximum absolute atomic E-state index is 12.9. The number of carbonyl (C=O) groups is 1. The van der Waals surface area contributed by atoms with E-state index in [4.69, 9.17) is 0 Å². The number of rotatable bonds is 6. The van der Waals surface area contributed by atoms with Crippen molar-refractivity contribution in [2.75, 3.05) is 5.32 Å². The van der Waals surface area contributed by atoms with Crippen molar-refractivity contribution in [1.82, 2.24) is 0 Å². The third-order valence-corrected chi connectivity index (χ3v) is 4.40. The van der Waals surface area contributed by atoms with E-state index < -0.39 is 0 Å². The molecule has 0 spiro atoms. The predicted molar refractivity (Wildman–Crippen MR) is 104 cm³/mol. The summed E-state index contributed by atoms with van der Waals surface area (Å²) in [7, 11) is 0. The van der Waals surface area contributed by atoms with Gasteiger partial charge in [0.25, 0.3) is 0 Å². The second-order valence-corrected chi connectivity index (χ2v) is 6.26. The van der Waals surface area contributed by atoms with Gasteiger partial charge in [-0.3, -0.25) is 4.79 Å². The van der Waals surface area contributed by atoms with E-state index >= 15 is 0 Å². The number of benzene rings is 3. The van der Waals surface area contributed by atoms with E-state index in [2.05, 4.69) is 43.4 Å².